The molecule has 110 valence electrons. The van der Waals surface area contributed by atoms with Gasteiger partial charge in [-0.05, 0) is 38.1 Å². The Morgan fingerprint density at radius 3 is 2.43 bits per heavy atom. The largest absolute Gasteiger partial charge is 0.493 e. The maximum Gasteiger partial charge on any atom is 0.264 e. The molecule has 0 heterocycles. The molecule has 0 bridgehead atoms. The Hall–Kier alpha value is -2.49. The second-order valence-corrected chi connectivity index (χ2v) is 4.54. The molecule has 2 N–H and O–H groups in total. The number of ether oxygens (including phenoxy) is 1. The van der Waals surface area contributed by atoms with Crippen molar-refractivity contribution in [1.29, 1.82) is 0 Å². The molecule has 0 radical (unpaired) electrons. The molecule has 2 aromatic carbocycles. The van der Waals surface area contributed by atoms with Gasteiger partial charge in [0.1, 0.15) is 11.3 Å². The van der Waals surface area contributed by atoms with Gasteiger partial charge >= 0.3 is 0 Å². The predicted octanol–water partition coefficient (Wildman–Crippen LogP) is 3.33. The number of carbonyl (C=O) groups excluding carboxylic acids is 1. The van der Waals surface area contributed by atoms with Gasteiger partial charge < -0.3 is 15.4 Å². The number of amides is 1. The van der Waals surface area contributed by atoms with Crippen molar-refractivity contribution in [2.75, 3.05) is 23.8 Å². The molecule has 0 aliphatic carbocycles. The maximum atomic E-state index is 12.9. The highest BCUT2D eigenvalue weighted by molar-refractivity contribution is 6.11. The van der Waals surface area contributed by atoms with Crippen molar-refractivity contribution >= 4 is 17.3 Å². The molecule has 0 aliphatic heterocycles. The number of hydrogen-bond donors (Lipinski definition) is 1. The highest BCUT2D eigenvalue weighted by Crippen LogP contribution is 2.28. The second kappa shape index (κ2) is 6.79. The van der Waals surface area contributed by atoms with E-state index in [1.807, 2.05) is 44.2 Å². The summed E-state index contributed by atoms with van der Waals surface area (Å²) < 4.78 is 5.54. The van der Waals surface area contributed by atoms with Gasteiger partial charge in [0, 0.05) is 17.9 Å². The van der Waals surface area contributed by atoms with E-state index in [2.05, 4.69) is 0 Å². The van der Waals surface area contributed by atoms with Gasteiger partial charge in [0.05, 0.1) is 6.61 Å². The molecule has 4 heteroatoms. The Labute approximate surface area is 125 Å². The minimum Gasteiger partial charge on any atom is -0.493 e. The summed E-state index contributed by atoms with van der Waals surface area (Å²) in [5.41, 5.74) is 7.69. The fourth-order valence-electron chi connectivity index (χ4n) is 2.24. The molecule has 1 amide bonds. The lowest BCUT2D eigenvalue weighted by atomic mass is 10.1. The Morgan fingerprint density at radius 2 is 1.81 bits per heavy atom. The van der Waals surface area contributed by atoms with Gasteiger partial charge in [0.2, 0.25) is 0 Å². The van der Waals surface area contributed by atoms with E-state index in [-0.39, 0.29) is 5.91 Å². The van der Waals surface area contributed by atoms with Crippen LogP contribution in [-0.4, -0.2) is 19.1 Å². The van der Waals surface area contributed by atoms with E-state index < -0.39 is 0 Å². The van der Waals surface area contributed by atoms with Crippen LogP contribution in [0.2, 0.25) is 0 Å². The number of nitrogens with zero attached hydrogens (tertiary/aromatic N) is 1. The molecular weight excluding hydrogens is 264 g/mol. The third-order valence-electron chi connectivity index (χ3n) is 3.20. The molecule has 0 aromatic heterocycles. The molecule has 0 unspecified atom stereocenters. The first-order valence-electron chi connectivity index (χ1n) is 7.07. The summed E-state index contributed by atoms with van der Waals surface area (Å²) in [6.07, 6.45) is 0. The average molecular weight is 284 g/mol. The number of hydrogen-bond acceptors (Lipinski definition) is 3. The topological polar surface area (TPSA) is 55.6 Å². The van der Waals surface area contributed by atoms with Crippen molar-refractivity contribution in [1.82, 2.24) is 0 Å². The Morgan fingerprint density at radius 1 is 1.10 bits per heavy atom. The van der Waals surface area contributed by atoms with Gasteiger partial charge in [-0.1, -0.05) is 24.3 Å². The SMILES string of the molecule is CCOc1cccc(N)c1C(=O)N(CC)c1ccccc1. The molecule has 0 saturated carbocycles. The fourth-order valence-corrected chi connectivity index (χ4v) is 2.24. The number of carbonyl (C=O) groups is 1. The molecule has 0 fully saturated rings. The van der Waals surface area contributed by atoms with Crippen LogP contribution < -0.4 is 15.4 Å². The normalized spacial score (nSPS) is 10.2. The zero-order chi connectivity index (χ0) is 15.2. The number of para-hydroxylation sites is 1. The predicted molar refractivity (Wildman–Crippen MR) is 85.8 cm³/mol. The third-order valence-corrected chi connectivity index (χ3v) is 3.20. The van der Waals surface area contributed by atoms with Crippen molar-refractivity contribution in [2.45, 2.75) is 13.8 Å². The zero-order valence-corrected chi connectivity index (χ0v) is 12.4. The van der Waals surface area contributed by atoms with Crippen LogP contribution >= 0.6 is 0 Å². The Bertz CT molecular complexity index is 611. The first-order valence-corrected chi connectivity index (χ1v) is 7.07. The van der Waals surface area contributed by atoms with Crippen LogP contribution in [-0.2, 0) is 0 Å². The summed E-state index contributed by atoms with van der Waals surface area (Å²) in [6.45, 7) is 4.86. The standard InChI is InChI=1S/C17H20N2O2/c1-3-19(13-9-6-5-7-10-13)17(20)16-14(18)11-8-12-15(16)21-4-2/h5-12H,3-4,18H2,1-2H3. The van der Waals surface area contributed by atoms with Crippen molar-refractivity contribution in [3.63, 3.8) is 0 Å². The van der Waals surface area contributed by atoms with Crippen molar-refractivity contribution < 1.29 is 9.53 Å². The molecule has 4 nitrogen and oxygen atoms in total. The molecule has 21 heavy (non-hydrogen) atoms. The van der Waals surface area contributed by atoms with Crippen LogP contribution in [0, 0.1) is 0 Å². The molecule has 2 rings (SSSR count). The Balaban J connectivity index is 2.43. The van der Waals surface area contributed by atoms with Crippen LogP contribution in [0.4, 0.5) is 11.4 Å². The second-order valence-electron chi connectivity index (χ2n) is 4.54. The van der Waals surface area contributed by atoms with Crippen LogP contribution in [0.3, 0.4) is 0 Å². The van der Waals surface area contributed by atoms with E-state index in [1.54, 1.807) is 23.1 Å². The van der Waals surface area contributed by atoms with E-state index in [9.17, 15) is 4.79 Å². The summed E-state index contributed by atoms with van der Waals surface area (Å²) in [6, 6.07) is 14.8. The van der Waals surface area contributed by atoms with Crippen molar-refractivity contribution in [3.8, 4) is 5.75 Å². The molecule has 0 spiro atoms. The number of nitrogens with two attached hydrogens (primary N) is 1. The lowest BCUT2D eigenvalue weighted by Crippen LogP contribution is -2.31. The van der Waals surface area contributed by atoms with Gasteiger partial charge in [0.15, 0.2) is 0 Å². The van der Waals surface area contributed by atoms with Gasteiger partial charge in [0.25, 0.3) is 5.91 Å². The number of anilines is 2. The van der Waals surface area contributed by atoms with Crippen LogP contribution in [0.5, 0.6) is 5.75 Å². The number of nitrogen functional groups attached to an aromatic ring is 1. The van der Waals surface area contributed by atoms with Crippen LogP contribution in [0.25, 0.3) is 0 Å². The fraction of sp³-hybridized carbons (Fsp3) is 0.235. The summed E-state index contributed by atoms with van der Waals surface area (Å²) in [4.78, 5) is 14.5. The zero-order valence-electron chi connectivity index (χ0n) is 12.4. The van der Waals surface area contributed by atoms with E-state index in [4.69, 9.17) is 10.5 Å². The molecular formula is C17H20N2O2. The maximum absolute atomic E-state index is 12.9. The minimum atomic E-state index is -0.148. The van der Waals surface area contributed by atoms with Crippen LogP contribution in [0.1, 0.15) is 24.2 Å². The lowest BCUT2D eigenvalue weighted by molar-refractivity contribution is 0.0985. The van der Waals surface area contributed by atoms with Gasteiger partial charge in [-0.2, -0.15) is 0 Å². The van der Waals surface area contributed by atoms with Gasteiger partial charge in [-0.3, -0.25) is 4.79 Å². The van der Waals surface area contributed by atoms with E-state index >= 15 is 0 Å². The van der Waals surface area contributed by atoms with E-state index in [0.717, 1.165) is 5.69 Å². The first kappa shape index (κ1) is 14.9. The minimum absolute atomic E-state index is 0.148. The smallest absolute Gasteiger partial charge is 0.264 e. The van der Waals surface area contributed by atoms with Gasteiger partial charge in [-0.25, -0.2) is 0 Å². The molecule has 0 saturated heterocycles. The molecule has 0 atom stereocenters. The summed E-state index contributed by atoms with van der Waals surface area (Å²) in [5.74, 6) is 0.377. The summed E-state index contributed by atoms with van der Waals surface area (Å²) in [5, 5.41) is 0. The monoisotopic (exact) mass is 284 g/mol. The van der Waals surface area contributed by atoms with Crippen LogP contribution in [0.15, 0.2) is 48.5 Å². The molecule has 2 aromatic rings. The number of rotatable bonds is 5. The highest BCUT2D eigenvalue weighted by atomic mass is 16.5. The Kier molecular flexibility index (Phi) is 4.82. The summed E-state index contributed by atoms with van der Waals surface area (Å²) in [7, 11) is 0. The quantitative estimate of drug-likeness (QED) is 0.857. The van der Waals surface area contributed by atoms with Crippen molar-refractivity contribution in [2.24, 2.45) is 0 Å². The average Bonchev–Trinajstić information content (AvgIpc) is 2.49. The van der Waals surface area contributed by atoms with Crippen molar-refractivity contribution in [3.05, 3.63) is 54.1 Å². The van der Waals surface area contributed by atoms with E-state index in [0.29, 0.717) is 30.2 Å². The lowest BCUT2D eigenvalue weighted by Gasteiger charge is -2.23. The summed E-state index contributed by atoms with van der Waals surface area (Å²) >= 11 is 0. The molecule has 0 aliphatic rings. The van der Waals surface area contributed by atoms with E-state index in [1.165, 1.54) is 0 Å². The highest BCUT2D eigenvalue weighted by Gasteiger charge is 2.22. The number of benzene rings is 2. The third kappa shape index (κ3) is 3.16. The van der Waals surface area contributed by atoms with Gasteiger partial charge in [-0.15, -0.1) is 0 Å². The first-order chi connectivity index (χ1) is 10.2.